The summed E-state index contributed by atoms with van der Waals surface area (Å²) in [6.07, 6.45) is 0.585. The van der Waals surface area contributed by atoms with Crippen LogP contribution in [0.1, 0.15) is 31.1 Å². The molecule has 9 nitrogen and oxygen atoms in total. The molecule has 1 aromatic carbocycles. The third-order valence-corrected chi connectivity index (χ3v) is 4.34. The SMILES string of the molecule is CCc1nc(CN2C(=O)N[C@@](C)(c3ccc4c(c3)OCO4)C2=O)no1. The highest BCUT2D eigenvalue weighted by Gasteiger charge is 2.49. The van der Waals surface area contributed by atoms with Crippen molar-refractivity contribution >= 4 is 11.9 Å². The van der Waals surface area contributed by atoms with Crippen LogP contribution in [0.25, 0.3) is 0 Å². The number of imide groups is 1. The first-order valence-electron chi connectivity index (χ1n) is 7.87. The minimum atomic E-state index is -1.20. The molecule has 130 valence electrons. The topological polar surface area (TPSA) is 107 Å². The Balaban J connectivity index is 1.61. The van der Waals surface area contributed by atoms with Gasteiger partial charge in [0.25, 0.3) is 5.91 Å². The molecule has 2 aliphatic heterocycles. The van der Waals surface area contributed by atoms with Crippen molar-refractivity contribution in [3.05, 3.63) is 35.5 Å². The number of fused-ring (bicyclic) bond motifs is 1. The van der Waals surface area contributed by atoms with Crippen LogP contribution < -0.4 is 14.8 Å². The maximum Gasteiger partial charge on any atom is 0.325 e. The minimum Gasteiger partial charge on any atom is -0.454 e. The molecule has 2 aromatic rings. The molecule has 4 rings (SSSR count). The summed E-state index contributed by atoms with van der Waals surface area (Å²) in [4.78, 5) is 30.5. The Morgan fingerprint density at radius 3 is 2.84 bits per heavy atom. The van der Waals surface area contributed by atoms with E-state index >= 15 is 0 Å². The van der Waals surface area contributed by atoms with Gasteiger partial charge in [-0.1, -0.05) is 18.1 Å². The molecule has 1 aromatic heterocycles. The molecule has 0 unspecified atom stereocenters. The van der Waals surface area contributed by atoms with Crippen LogP contribution in [-0.4, -0.2) is 33.8 Å². The standard InChI is InChI=1S/C16H16N4O5/c1-3-13-17-12(19-25-13)7-20-14(21)16(2,18-15(20)22)9-4-5-10-11(6-9)24-8-23-10/h4-6H,3,7-8H2,1-2H3,(H,18,22)/t16-/m0/s1. The van der Waals surface area contributed by atoms with Crippen molar-refractivity contribution in [2.75, 3.05) is 6.79 Å². The molecule has 0 saturated carbocycles. The van der Waals surface area contributed by atoms with Gasteiger partial charge in [0.05, 0.1) is 6.54 Å². The second-order valence-electron chi connectivity index (χ2n) is 5.97. The second kappa shape index (κ2) is 5.47. The molecule has 0 bridgehead atoms. The van der Waals surface area contributed by atoms with Crippen LogP contribution in [-0.2, 0) is 23.3 Å². The van der Waals surface area contributed by atoms with E-state index in [1.165, 1.54) is 0 Å². The van der Waals surface area contributed by atoms with Crippen molar-refractivity contribution in [2.24, 2.45) is 0 Å². The molecular formula is C16H16N4O5. The summed E-state index contributed by atoms with van der Waals surface area (Å²) in [5.41, 5.74) is -0.588. The van der Waals surface area contributed by atoms with Gasteiger partial charge < -0.3 is 19.3 Å². The molecule has 0 radical (unpaired) electrons. The highest BCUT2D eigenvalue weighted by Crippen LogP contribution is 2.38. The maximum absolute atomic E-state index is 12.9. The van der Waals surface area contributed by atoms with E-state index in [1.54, 1.807) is 25.1 Å². The van der Waals surface area contributed by atoms with Gasteiger partial charge in [-0.2, -0.15) is 4.98 Å². The van der Waals surface area contributed by atoms with Gasteiger partial charge in [0.1, 0.15) is 5.54 Å². The third kappa shape index (κ3) is 2.39. The molecular weight excluding hydrogens is 328 g/mol. The van der Waals surface area contributed by atoms with Crippen LogP contribution in [0.2, 0.25) is 0 Å². The molecule has 1 fully saturated rings. The molecule has 0 spiro atoms. The number of benzene rings is 1. The number of aromatic nitrogens is 2. The van der Waals surface area contributed by atoms with Crippen LogP contribution in [0.15, 0.2) is 22.7 Å². The highest BCUT2D eigenvalue weighted by atomic mass is 16.7. The molecule has 1 N–H and O–H groups in total. The fourth-order valence-electron chi connectivity index (χ4n) is 2.88. The first-order valence-corrected chi connectivity index (χ1v) is 7.87. The molecule has 1 atom stereocenters. The lowest BCUT2D eigenvalue weighted by Gasteiger charge is -2.22. The van der Waals surface area contributed by atoms with E-state index in [-0.39, 0.29) is 25.1 Å². The number of urea groups is 1. The van der Waals surface area contributed by atoms with Crippen LogP contribution in [0, 0.1) is 0 Å². The molecule has 3 heterocycles. The fourth-order valence-corrected chi connectivity index (χ4v) is 2.88. The summed E-state index contributed by atoms with van der Waals surface area (Å²) >= 11 is 0. The Hall–Kier alpha value is -3.10. The normalized spacial score (nSPS) is 21.8. The van der Waals surface area contributed by atoms with Crippen molar-refractivity contribution in [1.82, 2.24) is 20.4 Å². The third-order valence-electron chi connectivity index (χ3n) is 4.34. The Morgan fingerprint density at radius 1 is 1.28 bits per heavy atom. The zero-order valence-electron chi connectivity index (χ0n) is 13.7. The summed E-state index contributed by atoms with van der Waals surface area (Å²) in [6, 6.07) is 4.65. The fraction of sp³-hybridized carbons (Fsp3) is 0.375. The zero-order chi connectivity index (χ0) is 17.6. The van der Waals surface area contributed by atoms with Gasteiger partial charge in [-0.25, -0.2) is 4.79 Å². The molecule has 1 saturated heterocycles. The first kappa shape index (κ1) is 15.4. The zero-order valence-corrected chi connectivity index (χ0v) is 13.7. The number of nitrogens with one attached hydrogen (secondary N) is 1. The van der Waals surface area contributed by atoms with Crippen molar-refractivity contribution in [3.63, 3.8) is 0 Å². The Morgan fingerprint density at radius 2 is 2.08 bits per heavy atom. The van der Waals surface area contributed by atoms with E-state index in [1.807, 2.05) is 6.92 Å². The highest BCUT2D eigenvalue weighted by molar-refractivity contribution is 6.07. The molecule has 0 aliphatic carbocycles. The number of amides is 3. The maximum atomic E-state index is 12.9. The van der Waals surface area contributed by atoms with Gasteiger partial charge in [0.2, 0.25) is 12.7 Å². The minimum absolute atomic E-state index is 0.0473. The van der Waals surface area contributed by atoms with Gasteiger partial charge in [-0.05, 0) is 24.6 Å². The summed E-state index contributed by atoms with van der Waals surface area (Å²) in [6.45, 7) is 3.62. The van der Waals surface area contributed by atoms with E-state index in [9.17, 15) is 9.59 Å². The first-order chi connectivity index (χ1) is 12.0. The molecule has 2 aliphatic rings. The summed E-state index contributed by atoms with van der Waals surface area (Å²) in [5.74, 6) is 1.51. The average Bonchev–Trinajstić information content (AvgIpc) is 3.30. The van der Waals surface area contributed by atoms with Gasteiger partial charge in [0, 0.05) is 6.42 Å². The van der Waals surface area contributed by atoms with Crippen LogP contribution >= 0.6 is 0 Å². The largest absolute Gasteiger partial charge is 0.454 e. The second-order valence-corrected chi connectivity index (χ2v) is 5.97. The van der Waals surface area contributed by atoms with Crippen LogP contribution in [0.4, 0.5) is 4.79 Å². The summed E-state index contributed by atoms with van der Waals surface area (Å²) in [5, 5.41) is 6.52. The van der Waals surface area contributed by atoms with Crippen LogP contribution in [0.5, 0.6) is 11.5 Å². The molecule has 9 heteroatoms. The van der Waals surface area contributed by atoms with Crippen molar-refractivity contribution in [2.45, 2.75) is 32.4 Å². The number of rotatable bonds is 4. The molecule has 25 heavy (non-hydrogen) atoms. The van der Waals surface area contributed by atoms with Crippen LogP contribution in [0.3, 0.4) is 0 Å². The Kier molecular flexibility index (Phi) is 3.38. The predicted octanol–water partition coefficient (Wildman–Crippen LogP) is 1.33. The van der Waals surface area contributed by atoms with Crippen molar-refractivity contribution < 1.29 is 23.6 Å². The number of aryl methyl sites for hydroxylation is 1. The number of nitrogens with zero attached hydrogens (tertiary/aromatic N) is 3. The quantitative estimate of drug-likeness (QED) is 0.834. The van der Waals surface area contributed by atoms with Gasteiger partial charge in [0.15, 0.2) is 17.3 Å². The Bertz CT molecular complexity index is 864. The van der Waals surface area contributed by atoms with E-state index in [4.69, 9.17) is 14.0 Å². The lowest BCUT2D eigenvalue weighted by molar-refractivity contribution is -0.131. The van der Waals surface area contributed by atoms with E-state index in [0.717, 1.165) is 4.90 Å². The average molecular weight is 344 g/mol. The number of ether oxygens (including phenoxy) is 2. The summed E-state index contributed by atoms with van der Waals surface area (Å²) < 4.78 is 15.6. The van der Waals surface area contributed by atoms with E-state index < -0.39 is 11.6 Å². The van der Waals surface area contributed by atoms with Crippen molar-refractivity contribution in [1.29, 1.82) is 0 Å². The summed E-state index contributed by atoms with van der Waals surface area (Å²) in [7, 11) is 0. The molecule has 3 amide bonds. The predicted molar refractivity (Wildman–Crippen MR) is 82.7 cm³/mol. The van der Waals surface area contributed by atoms with E-state index in [2.05, 4.69) is 15.5 Å². The number of carbonyl (C=O) groups excluding carboxylic acids is 2. The number of carbonyl (C=O) groups is 2. The smallest absolute Gasteiger partial charge is 0.325 e. The number of hydrogen-bond donors (Lipinski definition) is 1. The van der Waals surface area contributed by atoms with Crippen molar-refractivity contribution in [3.8, 4) is 11.5 Å². The van der Waals surface area contributed by atoms with Gasteiger partial charge in [-0.3, -0.25) is 9.69 Å². The van der Waals surface area contributed by atoms with Gasteiger partial charge in [-0.15, -0.1) is 0 Å². The lowest BCUT2D eigenvalue weighted by Crippen LogP contribution is -2.40. The van der Waals surface area contributed by atoms with Gasteiger partial charge >= 0.3 is 6.03 Å². The lowest BCUT2D eigenvalue weighted by atomic mass is 9.91. The monoisotopic (exact) mass is 344 g/mol. The van der Waals surface area contributed by atoms with E-state index in [0.29, 0.717) is 29.4 Å². The Labute approximate surface area is 142 Å². The number of hydrogen-bond acceptors (Lipinski definition) is 7.